The summed E-state index contributed by atoms with van der Waals surface area (Å²) in [5.41, 5.74) is 1.48. The number of anilines is 1. The first-order valence-electron chi connectivity index (χ1n) is 11.5. The van der Waals surface area contributed by atoms with Gasteiger partial charge >= 0.3 is 5.69 Å². The number of nitrogens with zero attached hydrogens (tertiary/aromatic N) is 5. The van der Waals surface area contributed by atoms with Crippen molar-refractivity contribution in [2.45, 2.75) is 52.7 Å². The lowest BCUT2D eigenvalue weighted by atomic mass is 9.93. The number of hydrogen-bond acceptors (Lipinski definition) is 6. The Balaban J connectivity index is 1.49. The molecular formula is C24H26N6O3S. The molecule has 1 aromatic carbocycles. The number of amides is 1. The van der Waals surface area contributed by atoms with Crippen LogP contribution in [-0.4, -0.2) is 29.6 Å². The van der Waals surface area contributed by atoms with Crippen LogP contribution in [0.1, 0.15) is 36.4 Å². The largest absolute Gasteiger partial charge is 0.333 e. The van der Waals surface area contributed by atoms with Crippen molar-refractivity contribution in [2.24, 2.45) is 5.92 Å². The van der Waals surface area contributed by atoms with Crippen LogP contribution < -0.4 is 16.6 Å². The van der Waals surface area contributed by atoms with Gasteiger partial charge in [-0.25, -0.2) is 19.3 Å². The maximum atomic E-state index is 13.4. The highest BCUT2D eigenvalue weighted by Gasteiger charge is 2.22. The second kappa shape index (κ2) is 9.02. The highest BCUT2D eigenvalue weighted by molar-refractivity contribution is 7.15. The number of imidazole rings is 1. The maximum Gasteiger partial charge on any atom is 0.333 e. The Morgan fingerprint density at radius 1 is 1.21 bits per heavy atom. The summed E-state index contributed by atoms with van der Waals surface area (Å²) in [7, 11) is 0. The summed E-state index contributed by atoms with van der Waals surface area (Å²) in [5.74, 6) is 0.153. The van der Waals surface area contributed by atoms with E-state index in [1.54, 1.807) is 10.9 Å². The number of aryl methyl sites for hydroxylation is 2. The zero-order chi connectivity index (χ0) is 23.8. The van der Waals surface area contributed by atoms with E-state index < -0.39 is 23.7 Å². The third-order valence-corrected chi connectivity index (χ3v) is 7.28. The van der Waals surface area contributed by atoms with E-state index in [9.17, 15) is 14.4 Å². The molecule has 34 heavy (non-hydrogen) atoms. The van der Waals surface area contributed by atoms with Gasteiger partial charge in [-0.3, -0.25) is 14.2 Å². The van der Waals surface area contributed by atoms with E-state index in [1.807, 2.05) is 37.3 Å². The SMILES string of the molecule is CCn1cnc2c1c(=O)n(CC(=O)Nc1nc3c(s1)C[C@H](C)CC3)c(=O)n2Cc1ccccc1. The van der Waals surface area contributed by atoms with E-state index in [0.717, 1.165) is 35.1 Å². The Bertz CT molecular complexity index is 1480. The molecule has 0 radical (unpaired) electrons. The van der Waals surface area contributed by atoms with Gasteiger partial charge in [0.2, 0.25) is 5.91 Å². The van der Waals surface area contributed by atoms with Crippen molar-refractivity contribution in [2.75, 3.05) is 5.32 Å². The molecule has 0 aliphatic heterocycles. The molecule has 0 saturated carbocycles. The number of rotatable bonds is 6. The second-order valence-corrected chi connectivity index (χ2v) is 9.82. The molecule has 0 unspecified atom stereocenters. The minimum Gasteiger partial charge on any atom is -0.325 e. The summed E-state index contributed by atoms with van der Waals surface area (Å²) in [6.45, 7) is 4.49. The van der Waals surface area contributed by atoms with Crippen molar-refractivity contribution in [3.8, 4) is 0 Å². The molecule has 3 aromatic heterocycles. The molecule has 0 spiro atoms. The molecule has 0 bridgehead atoms. The van der Waals surface area contributed by atoms with Crippen LogP contribution in [0.2, 0.25) is 0 Å². The Morgan fingerprint density at radius 3 is 2.76 bits per heavy atom. The van der Waals surface area contributed by atoms with Gasteiger partial charge in [0.25, 0.3) is 5.56 Å². The van der Waals surface area contributed by atoms with Crippen LogP contribution in [0.5, 0.6) is 0 Å². The van der Waals surface area contributed by atoms with Crippen LogP contribution in [0.25, 0.3) is 11.2 Å². The van der Waals surface area contributed by atoms with Crippen LogP contribution in [-0.2, 0) is 37.3 Å². The van der Waals surface area contributed by atoms with Gasteiger partial charge in [0.1, 0.15) is 6.54 Å². The monoisotopic (exact) mass is 478 g/mol. The Morgan fingerprint density at radius 2 is 2.00 bits per heavy atom. The molecule has 4 aromatic rings. The molecular weight excluding hydrogens is 452 g/mol. The fourth-order valence-corrected chi connectivity index (χ4v) is 5.61. The summed E-state index contributed by atoms with van der Waals surface area (Å²) in [4.78, 5) is 49.6. The van der Waals surface area contributed by atoms with Crippen molar-refractivity contribution < 1.29 is 4.79 Å². The predicted molar refractivity (Wildman–Crippen MR) is 131 cm³/mol. The van der Waals surface area contributed by atoms with Gasteiger partial charge in [0, 0.05) is 11.4 Å². The Hall–Kier alpha value is -3.53. The van der Waals surface area contributed by atoms with Crippen LogP contribution in [0.4, 0.5) is 5.13 Å². The summed E-state index contributed by atoms with van der Waals surface area (Å²) in [5, 5.41) is 3.31. The number of thiazole rings is 1. The van der Waals surface area contributed by atoms with Crippen LogP contribution in [0.3, 0.4) is 0 Å². The van der Waals surface area contributed by atoms with Crippen molar-refractivity contribution in [1.29, 1.82) is 0 Å². The van der Waals surface area contributed by atoms with Gasteiger partial charge in [-0.15, -0.1) is 11.3 Å². The average Bonchev–Trinajstić information content (AvgIpc) is 3.43. The Kier molecular flexibility index (Phi) is 5.91. The molecule has 10 heteroatoms. The molecule has 0 saturated heterocycles. The number of benzene rings is 1. The van der Waals surface area contributed by atoms with Crippen LogP contribution >= 0.6 is 11.3 Å². The average molecular weight is 479 g/mol. The minimum atomic E-state index is -0.565. The van der Waals surface area contributed by atoms with Gasteiger partial charge in [-0.1, -0.05) is 37.3 Å². The van der Waals surface area contributed by atoms with Gasteiger partial charge in [-0.2, -0.15) is 0 Å². The molecule has 176 valence electrons. The fraction of sp³-hybridized carbons (Fsp3) is 0.375. The number of carbonyl (C=O) groups is 1. The van der Waals surface area contributed by atoms with Gasteiger partial charge < -0.3 is 9.88 Å². The number of carbonyl (C=O) groups excluding carboxylic acids is 1. The topological polar surface area (TPSA) is 104 Å². The molecule has 1 aliphatic carbocycles. The van der Waals surface area contributed by atoms with Gasteiger partial charge in [0.15, 0.2) is 16.3 Å². The minimum absolute atomic E-state index is 0.246. The normalized spacial score (nSPS) is 15.4. The first kappa shape index (κ1) is 22.3. The van der Waals surface area contributed by atoms with E-state index >= 15 is 0 Å². The van der Waals surface area contributed by atoms with E-state index in [2.05, 4.69) is 22.2 Å². The van der Waals surface area contributed by atoms with E-state index in [4.69, 9.17) is 0 Å². The summed E-state index contributed by atoms with van der Waals surface area (Å²) in [6.07, 6.45) is 4.51. The smallest absolute Gasteiger partial charge is 0.325 e. The van der Waals surface area contributed by atoms with Crippen LogP contribution in [0, 0.1) is 5.92 Å². The molecule has 3 heterocycles. The quantitative estimate of drug-likeness (QED) is 0.459. The van der Waals surface area contributed by atoms with Gasteiger partial charge in [-0.05, 0) is 37.7 Å². The second-order valence-electron chi connectivity index (χ2n) is 8.73. The number of fused-ring (bicyclic) bond motifs is 2. The lowest BCUT2D eigenvalue weighted by molar-refractivity contribution is -0.116. The summed E-state index contributed by atoms with van der Waals surface area (Å²) in [6, 6.07) is 9.49. The van der Waals surface area contributed by atoms with Crippen molar-refractivity contribution in [3.05, 3.63) is 73.6 Å². The first-order chi connectivity index (χ1) is 16.4. The van der Waals surface area contributed by atoms with E-state index in [0.29, 0.717) is 28.8 Å². The number of nitrogens with one attached hydrogen (secondary N) is 1. The van der Waals surface area contributed by atoms with Gasteiger partial charge in [0.05, 0.1) is 18.6 Å². The lowest BCUT2D eigenvalue weighted by Crippen LogP contribution is -2.43. The fourth-order valence-electron chi connectivity index (χ4n) is 4.42. The van der Waals surface area contributed by atoms with E-state index in [1.165, 1.54) is 20.8 Å². The van der Waals surface area contributed by atoms with Crippen molar-refractivity contribution in [1.82, 2.24) is 23.7 Å². The number of aromatic nitrogens is 5. The predicted octanol–water partition coefficient (Wildman–Crippen LogP) is 2.65. The summed E-state index contributed by atoms with van der Waals surface area (Å²) < 4.78 is 4.14. The molecule has 0 fully saturated rings. The summed E-state index contributed by atoms with van der Waals surface area (Å²) >= 11 is 1.47. The first-order valence-corrected chi connectivity index (χ1v) is 12.3. The van der Waals surface area contributed by atoms with Crippen molar-refractivity contribution >= 4 is 33.5 Å². The third-order valence-electron chi connectivity index (χ3n) is 6.24. The molecule has 5 rings (SSSR count). The molecule has 9 nitrogen and oxygen atoms in total. The standard InChI is InChI=1S/C24H26N6O3S/c1-3-28-14-25-21-20(28)22(32)30(24(33)29(21)12-16-7-5-4-6-8-16)13-19(31)27-23-26-17-10-9-15(2)11-18(17)34-23/h4-8,14-15H,3,9-13H2,1-2H3,(H,26,27,31)/t15-/m1/s1. The highest BCUT2D eigenvalue weighted by Crippen LogP contribution is 2.32. The zero-order valence-electron chi connectivity index (χ0n) is 19.2. The molecule has 1 atom stereocenters. The van der Waals surface area contributed by atoms with E-state index in [-0.39, 0.29) is 6.54 Å². The Labute approximate surface area is 199 Å². The lowest BCUT2D eigenvalue weighted by Gasteiger charge is -2.15. The maximum absolute atomic E-state index is 13.4. The zero-order valence-corrected chi connectivity index (χ0v) is 20.0. The molecule has 1 N–H and O–H groups in total. The third kappa shape index (κ3) is 4.09. The van der Waals surface area contributed by atoms with Crippen LogP contribution in [0.15, 0.2) is 46.2 Å². The van der Waals surface area contributed by atoms with Crippen molar-refractivity contribution in [3.63, 3.8) is 0 Å². The number of hydrogen-bond donors (Lipinski definition) is 1. The molecule has 1 amide bonds. The molecule has 1 aliphatic rings. The highest BCUT2D eigenvalue weighted by atomic mass is 32.1.